The molecule has 0 aromatic carbocycles. The van der Waals surface area contributed by atoms with Gasteiger partial charge in [0.05, 0.1) is 29.8 Å². The minimum atomic E-state index is -1.01. The number of aliphatic hydroxyl groups is 2. The summed E-state index contributed by atoms with van der Waals surface area (Å²) in [5.74, 6) is -0.554. The van der Waals surface area contributed by atoms with Gasteiger partial charge in [0.1, 0.15) is 23.4 Å². The number of cyclic esters (lactones) is 1. The van der Waals surface area contributed by atoms with E-state index in [2.05, 4.69) is 27.7 Å². The average molecular weight is 517 g/mol. The van der Waals surface area contributed by atoms with Gasteiger partial charge in [-0.3, -0.25) is 4.79 Å². The first-order valence-electron chi connectivity index (χ1n) is 14.1. The van der Waals surface area contributed by atoms with Crippen LogP contribution in [-0.4, -0.2) is 69.0 Å². The van der Waals surface area contributed by atoms with Crippen LogP contribution in [0.3, 0.4) is 0 Å². The summed E-state index contributed by atoms with van der Waals surface area (Å²) in [6.07, 6.45) is 4.49. The van der Waals surface area contributed by atoms with E-state index in [1.54, 1.807) is 13.0 Å². The molecule has 37 heavy (non-hydrogen) atoms. The molecule has 0 amide bonds. The Kier molecular flexibility index (Phi) is 4.76. The number of ether oxygens (including phenoxy) is 4. The molecule has 7 rings (SSSR count). The highest BCUT2D eigenvalue weighted by Crippen LogP contribution is 2.76. The van der Waals surface area contributed by atoms with Crippen LogP contribution >= 0.6 is 0 Å². The lowest BCUT2D eigenvalue weighted by Gasteiger charge is -2.55. The Morgan fingerprint density at radius 3 is 2.49 bits per heavy atom. The molecule has 2 N–H and O–H groups in total. The molecule has 204 valence electrons. The van der Waals surface area contributed by atoms with Gasteiger partial charge >= 0.3 is 11.9 Å². The number of carbonyl (C=O) groups excluding carboxylic acids is 2. The van der Waals surface area contributed by atoms with Crippen LogP contribution in [0.5, 0.6) is 0 Å². The third-order valence-corrected chi connectivity index (χ3v) is 12.1. The molecule has 0 radical (unpaired) electrons. The van der Waals surface area contributed by atoms with Gasteiger partial charge in [0.15, 0.2) is 0 Å². The molecule has 2 spiro atoms. The van der Waals surface area contributed by atoms with Crippen molar-refractivity contribution in [2.24, 2.45) is 29.1 Å². The van der Waals surface area contributed by atoms with Crippen molar-refractivity contribution < 1.29 is 38.7 Å². The lowest BCUT2D eigenvalue weighted by atomic mass is 9.52. The second-order valence-electron chi connectivity index (χ2n) is 14.0. The molecule has 3 saturated heterocycles. The summed E-state index contributed by atoms with van der Waals surface area (Å²) in [5.41, 5.74) is -2.34. The third-order valence-electron chi connectivity index (χ3n) is 12.1. The topological polar surface area (TPSA) is 115 Å². The summed E-state index contributed by atoms with van der Waals surface area (Å²) in [7, 11) is 0. The van der Waals surface area contributed by atoms with E-state index < -0.39 is 34.6 Å². The first-order valence-corrected chi connectivity index (χ1v) is 14.1. The summed E-state index contributed by atoms with van der Waals surface area (Å²) in [5, 5.41) is 23.7. The molecular weight excluding hydrogens is 476 g/mol. The maximum Gasteiger partial charge on any atom is 0.334 e. The Balaban J connectivity index is 1.20. The van der Waals surface area contributed by atoms with Gasteiger partial charge in [-0.2, -0.15) is 0 Å². The Hall–Kier alpha value is -1.48. The van der Waals surface area contributed by atoms with Crippen molar-refractivity contribution in [3.63, 3.8) is 0 Å². The first kappa shape index (κ1) is 24.6. The predicted molar refractivity (Wildman–Crippen MR) is 130 cm³/mol. The van der Waals surface area contributed by atoms with Gasteiger partial charge in [-0.1, -0.05) is 13.8 Å². The smallest absolute Gasteiger partial charge is 0.334 e. The second-order valence-corrected chi connectivity index (χ2v) is 14.0. The van der Waals surface area contributed by atoms with Crippen LogP contribution in [-0.2, 0) is 28.5 Å². The van der Waals surface area contributed by atoms with Gasteiger partial charge < -0.3 is 29.2 Å². The van der Waals surface area contributed by atoms with Crippen LogP contribution in [0.4, 0.5) is 0 Å². The number of hydrogen-bond acceptors (Lipinski definition) is 8. The lowest BCUT2D eigenvalue weighted by Crippen LogP contribution is -2.61. The molecule has 7 aliphatic rings. The lowest BCUT2D eigenvalue weighted by molar-refractivity contribution is -0.185. The van der Waals surface area contributed by atoms with Gasteiger partial charge in [0, 0.05) is 29.2 Å². The molecule has 3 aliphatic carbocycles. The Bertz CT molecular complexity index is 1100. The number of carbonyl (C=O) groups is 2. The van der Waals surface area contributed by atoms with Crippen LogP contribution in [0.15, 0.2) is 11.6 Å². The van der Waals surface area contributed by atoms with Crippen molar-refractivity contribution >= 4 is 11.9 Å². The Labute approximate surface area is 218 Å². The zero-order valence-corrected chi connectivity index (χ0v) is 22.5. The van der Waals surface area contributed by atoms with Crippen molar-refractivity contribution in [3.05, 3.63) is 11.6 Å². The van der Waals surface area contributed by atoms with Crippen molar-refractivity contribution in [3.8, 4) is 0 Å². The van der Waals surface area contributed by atoms with Gasteiger partial charge in [-0.15, -0.1) is 0 Å². The fourth-order valence-corrected chi connectivity index (χ4v) is 10.4. The summed E-state index contributed by atoms with van der Waals surface area (Å²) in [4.78, 5) is 24.4. The number of esters is 2. The SMILES string of the molecule is CC1=C[C@@H](C(O)C(C)[C@H]2CC3O[C@@]34[C@H]3CC[C@@H]5C(C)(C)O[C@H]6CC(=O)O[C@@]65C[C@@]3(O)CC[C@]24C)OC1=O. The van der Waals surface area contributed by atoms with E-state index in [-0.39, 0.29) is 59.7 Å². The molecule has 0 bridgehead atoms. The molecule has 4 aliphatic heterocycles. The maximum absolute atomic E-state index is 12.5. The number of aliphatic hydroxyl groups excluding tert-OH is 1. The van der Waals surface area contributed by atoms with Gasteiger partial charge in [0.2, 0.25) is 0 Å². The van der Waals surface area contributed by atoms with Crippen molar-refractivity contribution in [1.82, 2.24) is 0 Å². The van der Waals surface area contributed by atoms with Crippen LogP contribution < -0.4 is 0 Å². The number of fused-ring (bicyclic) bond motifs is 1. The monoisotopic (exact) mass is 516 g/mol. The molecule has 4 heterocycles. The van der Waals surface area contributed by atoms with E-state index in [0.29, 0.717) is 18.4 Å². The molecular formula is C29H40O8. The van der Waals surface area contributed by atoms with E-state index >= 15 is 0 Å². The highest BCUT2D eigenvalue weighted by molar-refractivity contribution is 5.90. The molecule has 6 fully saturated rings. The van der Waals surface area contributed by atoms with Gasteiger partial charge in [-0.05, 0) is 70.8 Å². The largest absolute Gasteiger partial charge is 0.456 e. The second kappa shape index (κ2) is 7.18. The summed E-state index contributed by atoms with van der Waals surface area (Å²) in [6.45, 7) is 10.2. The molecule has 8 nitrogen and oxygen atoms in total. The zero-order chi connectivity index (χ0) is 26.3. The van der Waals surface area contributed by atoms with E-state index in [9.17, 15) is 19.8 Å². The summed E-state index contributed by atoms with van der Waals surface area (Å²) < 4.78 is 24.5. The van der Waals surface area contributed by atoms with Crippen molar-refractivity contribution in [2.75, 3.05) is 0 Å². The van der Waals surface area contributed by atoms with Crippen molar-refractivity contribution in [1.29, 1.82) is 0 Å². The summed E-state index contributed by atoms with van der Waals surface area (Å²) >= 11 is 0. The fraction of sp³-hybridized carbons (Fsp3) is 0.862. The van der Waals surface area contributed by atoms with Crippen LogP contribution in [0.1, 0.15) is 79.6 Å². The van der Waals surface area contributed by atoms with E-state index in [0.717, 1.165) is 25.7 Å². The molecule has 8 heteroatoms. The van der Waals surface area contributed by atoms with E-state index in [1.807, 2.05) is 0 Å². The van der Waals surface area contributed by atoms with E-state index in [4.69, 9.17) is 18.9 Å². The van der Waals surface area contributed by atoms with Crippen LogP contribution in [0, 0.1) is 29.1 Å². The summed E-state index contributed by atoms with van der Waals surface area (Å²) in [6, 6.07) is 0. The zero-order valence-electron chi connectivity index (χ0n) is 22.5. The highest BCUT2D eigenvalue weighted by atomic mass is 16.6. The minimum Gasteiger partial charge on any atom is -0.456 e. The molecule has 3 unspecified atom stereocenters. The fourth-order valence-electron chi connectivity index (χ4n) is 10.4. The van der Waals surface area contributed by atoms with Crippen LogP contribution in [0.25, 0.3) is 0 Å². The predicted octanol–water partition coefficient (Wildman–Crippen LogP) is 2.82. The molecule has 0 aromatic rings. The quantitative estimate of drug-likeness (QED) is 0.435. The van der Waals surface area contributed by atoms with Gasteiger partial charge in [-0.25, -0.2) is 4.79 Å². The van der Waals surface area contributed by atoms with Crippen LogP contribution in [0.2, 0.25) is 0 Å². The Morgan fingerprint density at radius 1 is 1.05 bits per heavy atom. The maximum atomic E-state index is 12.5. The average Bonchev–Trinajstić information content (AvgIpc) is 3.16. The third kappa shape index (κ3) is 2.88. The first-order chi connectivity index (χ1) is 17.3. The molecule has 0 aromatic heterocycles. The van der Waals surface area contributed by atoms with Crippen molar-refractivity contribution in [2.45, 2.75) is 126 Å². The van der Waals surface area contributed by atoms with E-state index in [1.165, 1.54) is 0 Å². The number of epoxide rings is 1. The minimum absolute atomic E-state index is 0.0240. The van der Waals surface area contributed by atoms with Gasteiger partial charge in [0.25, 0.3) is 0 Å². The Morgan fingerprint density at radius 2 is 1.78 bits per heavy atom. The number of rotatable bonds is 3. The normalized spacial score (nSPS) is 54.5. The molecule has 12 atom stereocenters. The number of hydrogen-bond donors (Lipinski definition) is 2. The standard InChI is InChI=1S/C29H40O8/c1-14-10-17(34-24(14)32)23(31)15(2)16-11-21-29(36-21)19-7-6-18-25(3,4)35-20-12-22(30)37-28(18,20)13-27(19,33)9-8-26(16,29)5/h10,15-21,23,31,33H,6-9,11-13H2,1-5H3/t15?,16-,17+,18-,19+,20+,21?,23?,26-,27+,28-,29+/m1/s1. The molecule has 3 saturated carbocycles. The highest BCUT2D eigenvalue weighted by Gasteiger charge is 2.83.